The Bertz CT molecular complexity index is 1100. The zero-order valence-corrected chi connectivity index (χ0v) is 16.8. The molecule has 0 radical (unpaired) electrons. The molecule has 9 nitrogen and oxygen atoms in total. The molecule has 0 saturated carbocycles. The highest BCUT2D eigenvalue weighted by Gasteiger charge is 2.10. The summed E-state index contributed by atoms with van der Waals surface area (Å²) in [5, 5.41) is 21.4. The SMILES string of the molecule is CN(C)CC(O)COc1ccc(Nc2ncc3nnn(-c4ccccc4)c3n2)cc1. The molecule has 2 aromatic carbocycles. The van der Waals surface area contributed by atoms with Crippen molar-refractivity contribution in [3.8, 4) is 11.4 Å². The minimum absolute atomic E-state index is 0.237. The van der Waals surface area contributed by atoms with Gasteiger partial charge in [-0.25, -0.2) is 4.98 Å². The van der Waals surface area contributed by atoms with Crippen LogP contribution in [0.4, 0.5) is 11.6 Å². The van der Waals surface area contributed by atoms with Gasteiger partial charge >= 0.3 is 0 Å². The highest BCUT2D eigenvalue weighted by Crippen LogP contribution is 2.20. The Kier molecular flexibility index (Phi) is 5.82. The fourth-order valence-corrected chi connectivity index (χ4v) is 2.96. The zero-order valence-electron chi connectivity index (χ0n) is 16.8. The average molecular weight is 405 g/mol. The Morgan fingerprint density at radius 1 is 1.10 bits per heavy atom. The zero-order chi connectivity index (χ0) is 20.9. The van der Waals surface area contributed by atoms with Crippen LogP contribution in [-0.4, -0.2) is 68.3 Å². The van der Waals surface area contributed by atoms with E-state index in [2.05, 4.69) is 25.6 Å². The van der Waals surface area contributed by atoms with E-state index in [-0.39, 0.29) is 6.61 Å². The molecule has 2 N–H and O–H groups in total. The predicted molar refractivity (Wildman–Crippen MR) is 114 cm³/mol. The summed E-state index contributed by atoms with van der Waals surface area (Å²) in [6.45, 7) is 0.787. The first-order valence-electron chi connectivity index (χ1n) is 9.55. The van der Waals surface area contributed by atoms with Crippen molar-refractivity contribution in [3.63, 3.8) is 0 Å². The van der Waals surface area contributed by atoms with Crippen LogP contribution < -0.4 is 10.1 Å². The van der Waals surface area contributed by atoms with E-state index < -0.39 is 6.10 Å². The van der Waals surface area contributed by atoms with Gasteiger partial charge in [0.2, 0.25) is 5.95 Å². The largest absolute Gasteiger partial charge is 0.491 e. The number of aromatic nitrogens is 5. The molecule has 0 amide bonds. The number of benzene rings is 2. The molecule has 30 heavy (non-hydrogen) atoms. The van der Waals surface area contributed by atoms with E-state index >= 15 is 0 Å². The van der Waals surface area contributed by atoms with Crippen LogP contribution in [0.15, 0.2) is 60.8 Å². The molecular weight excluding hydrogens is 382 g/mol. The standard InChI is InChI=1S/C21H23N7O2/c1-27(2)13-17(29)14-30-18-10-8-15(9-11-18)23-21-22-12-19-20(24-21)28(26-25-19)16-6-4-3-5-7-16/h3-12,17,29H,13-14H2,1-2H3,(H,22,23,24). The molecule has 1 atom stereocenters. The van der Waals surface area contributed by atoms with Gasteiger partial charge in [-0.05, 0) is 50.5 Å². The van der Waals surface area contributed by atoms with E-state index in [4.69, 9.17) is 4.74 Å². The molecule has 0 aliphatic heterocycles. The quantitative estimate of drug-likeness (QED) is 0.460. The van der Waals surface area contributed by atoms with Crippen LogP contribution in [0.25, 0.3) is 16.9 Å². The minimum atomic E-state index is -0.541. The van der Waals surface area contributed by atoms with Gasteiger partial charge in [-0.3, -0.25) is 0 Å². The molecule has 1 unspecified atom stereocenters. The molecule has 4 aromatic rings. The number of ether oxygens (including phenoxy) is 1. The number of rotatable bonds is 8. The Morgan fingerprint density at radius 2 is 1.87 bits per heavy atom. The van der Waals surface area contributed by atoms with Crippen LogP contribution in [0.1, 0.15) is 0 Å². The molecular formula is C21H23N7O2. The van der Waals surface area contributed by atoms with Gasteiger partial charge in [-0.1, -0.05) is 23.4 Å². The molecule has 0 bridgehead atoms. The van der Waals surface area contributed by atoms with Gasteiger partial charge in [0.25, 0.3) is 0 Å². The van der Waals surface area contributed by atoms with Crippen molar-refractivity contribution in [1.82, 2.24) is 29.9 Å². The molecule has 0 spiro atoms. The summed E-state index contributed by atoms with van der Waals surface area (Å²) < 4.78 is 7.31. The highest BCUT2D eigenvalue weighted by atomic mass is 16.5. The first kappa shape index (κ1) is 19.7. The van der Waals surface area contributed by atoms with Crippen LogP contribution >= 0.6 is 0 Å². The van der Waals surface area contributed by atoms with Gasteiger partial charge in [0.15, 0.2) is 11.2 Å². The second kappa shape index (κ2) is 8.85. The number of aliphatic hydroxyl groups is 1. The fourth-order valence-electron chi connectivity index (χ4n) is 2.96. The van der Waals surface area contributed by atoms with Crippen LogP contribution in [0.3, 0.4) is 0 Å². The normalized spacial score (nSPS) is 12.3. The Morgan fingerprint density at radius 3 is 2.60 bits per heavy atom. The van der Waals surface area contributed by atoms with Crippen LogP contribution in [0.5, 0.6) is 5.75 Å². The molecule has 0 aliphatic rings. The summed E-state index contributed by atoms with van der Waals surface area (Å²) >= 11 is 0. The summed E-state index contributed by atoms with van der Waals surface area (Å²) in [6.07, 6.45) is 1.10. The van der Waals surface area contributed by atoms with Gasteiger partial charge in [0.1, 0.15) is 18.5 Å². The van der Waals surface area contributed by atoms with Gasteiger partial charge in [-0.2, -0.15) is 9.67 Å². The second-order valence-corrected chi connectivity index (χ2v) is 7.12. The van der Waals surface area contributed by atoms with Crippen molar-refractivity contribution in [2.24, 2.45) is 0 Å². The first-order valence-corrected chi connectivity index (χ1v) is 9.55. The number of anilines is 2. The smallest absolute Gasteiger partial charge is 0.229 e. The van der Waals surface area contributed by atoms with Crippen molar-refractivity contribution in [3.05, 3.63) is 60.8 Å². The Labute approximate surface area is 174 Å². The number of nitrogens with zero attached hydrogens (tertiary/aromatic N) is 6. The van der Waals surface area contributed by atoms with E-state index in [1.807, 2.05) is 73.6 Å². The summed E-state index contributed by atoms with van der Waals surface area (Å²) in [5.74, 6) is 1.12. The van der Waals surface area contributed by atoms with Crippen molar-refractivity contribution < 1.29 is 9.84 Å². The second-order valence-electron chi connectivity index (χ2n) is 7.12. The van der Waals surface area contributed by atoms with Crippen LogP contribution in [0.2, 0.25) is 0 Å². The Balaban J connectivity index is 1.45. The van der Waals surface area contributed by atoms with Gasteiger partial charge in [0, 0.05) is 12.2 Å². The fraction of sp³-hybridized carbons (Fsp3) is 0.238. The van der Waals surface area contributed by atoms with Crippen molar-refractivity contribution in [1.29, 1.82) is 0 Å². The highest BCUT2D eigenvalue weighted by molar-refractivity contribution is 5.72. The van der Waals surface area contributed by atoms with Gasteiger partial charge in [0.05, 0.1) is 11.9 Å². The van der Waals surface area contributed by atoms with Crippen LogP contribution in [-0.2, 0) is 0 Å². The van der Waals surface area contributed by atoms with E-state index in [1.165, 1.54) is 0 Å². The number of hydrogen-bond acceptors (Lipinski definition) is 8. The lowest BCUT2D eigenvalue weighted by Crippen LogP contribution is -2.30. The van der Waals surface area contributed by atoms with E-state index in [0.717, 1.165) is 11.4 Å². The topological polar surface area (TPSA) is 101 Å². The molecule has 4 rings (SSSR count). The number of hydrogen-bond donors (Lipinski definition) is 2. The maximum atomic E-state index is 9.90. The van der Waals surface area contributed by atoms with Crippen molar-refractivity contribution in [2.75, 3.05) is 32.6 Å². The van der Waals surface area contributed by atoms with Crippen LogP contribution in [0, 0.1) is 0 Å². The van der Waals surface area contributed by atoms with E-state index in [9.17, 15) is 5.11 Å². The van der Waals surface area contributed by atoms with Crippen molar-refractivity contribution >= 4 is 22.8 Å². The first-order chi connectivity index (χ1) is 14.6. The molecule has 0 fully saturated rings. The number of fused-ring (bicyclic) bond motifs is 1. The van der Waals surface area contributed by atoms with Gasteiger partial charge < -0.3 is 20.1 Å². The third kappa shape index (κ3) is 4.70. The lowest BCUT2D eigenvalue weighted by atomic mass is 10.3. The summed E-state index contributed by atoms with van der Waals surface area (Å²) in [7, 11) is 3.82. The molecule has 9 heteroatoms. The third-order valence-corrected chi connectivity index (χ3v) is 4.32. The maximum absolute atomic E-state index is 9.90. The number of likely N-dealkylation sites (N-methyl/N-ethyl adjacent to an activating group) is 1. The Hall–Kier alpha value is -3.56. The molecule has 0 aliphatic carbocycles. The maximum Gasteiger partial charge on any atom is 0.229 e. The predicted octanol–water partition coefficient (Wildman–Crippen LogP) is 2.26. The monoisotopic (exact) mass is 405 g/mol. The third-order valence-electron chi connectivity index (χ3n) is 4.32. The average Bonchev–Trinajstić information content (AvgIpc) is 3.17. The molecule has 2 aromatic heterocycles. The molecule has 154 valence electrons. The van der Waals surface area contributed by atoms with E-state index in [0.29, 0.717) is 29.4 Å². The van der Waals surface area contributed by atoms with Gasteiger partial charge in [-0.15, -0.1) is 5.10 Å². The minimum Gasteiger partial charge on any atom is -0.491 e. The van der Waals surface area contributed by atoms with E-state index in [1.54, 1.807) is 10.9 Å². The summed E-state index contributed by atoms with van der Waals surface area (Å²) in [5.41, 5.74) is 2.93. The number of aliphatic hydroxyl groups excluding tert-OH is 1. The number of para-hydroxylation sites is 1. The number of nitrogens with one attached hydrogen (secondary N) is 1. The summed E-state index contributed by atoms with van der Waals surface area (Å²) in [4.78, 5) is 10.8. The van der Waals surface area contributed by atoms with Crippen molar-refractivity contribution in [2.45, 2.75) is 6.10 Å². The lowest BCUT2D eigenvalue weighted by molar-refractivity contribution is 0.0831. The molecule has 2 heterocycles. The lowest BCUT2D eigenvalue weighted by Gasteiger charge is -2.16. The summed E-state index contributed by atoms with van der Waals surface area (Å²) in [6, 6.07) is 17.1. The molecule has 0 saturated heterocycles.